The van der Waals surface area contributed by atoms with E-state index in [2.05, 4.69) is 10.6 Å². The van der Waals surface area contributed by atoms with Crippen LogP contribution in [0.2, 0.25) is 0 Å². The largest absolute Gasteiger partial charge is 0.481 e. The fraction of sp³-hybridized carbons (Fsp3) is 0.818. The number of aliphatic hydroxyl groups is 1. The lowest BCUT2D eigenvalue weighted by Gasteiger charge is -2.27. The predicted octanol–water partition coefficient (Wildman–Crippen LogP) is 0.557. The fourth-order valence-corrected chi connectivity index (χ4v) is 0.967. The normalized spacial score (nSPS) is 14.2. The highest BCUT2D eigenvalue weighted by Crippen LogP contribution is 2.14. The third kappa shape index (κ3) is 7.57. The third-order valence-corrected chi connectivity index (χ3v) is 2.70. The summed E-state index contributed by atoms with van der Waals surface area (Å²) in [4.78, 5) is 21.5. The molecule has 6 nitrogen and oxygen atoms in total. The first-order chi connectivity index (χ1) is 7.75. The Morgan fingerprint density at radius 3 is 2.35 bits per heavy atom. The number of urea groups is 1. The Bertz CT molecular complexity index is 264. The van der Waals surface area contributed by atoms with Crippen LogP contribution in [0.3, 0.4) is 0 Å². The molecule has 0 aliphatic rings. The molecule has 0 aromatic heterocycles. The maximum Gasteiger partial charge on any atom is 0.314 e. The molecule has 0 saturated carbocycles. The van der Waals surface area contributed by atoms with Crippen molar-refractivity contribution in [2.75, 3.05) is 13.1 Å². The van der Waals surface area contributed by atoms with Gasteiger partial charge in [0.15, 0.2) is 0 Å². The minimum absolute atomic E-state index is 0.0317. The molecule has 0 spiro atoms. The summed E-state index contributed by atoms with van der Waals surface area (Å²) in [5.41, 5.74) is -0.946. The minimum Gasteiger partial charge on any atom is -0.481 e. The quantitative estimate of drug-likeness (QED) is 0.493. The number of carbonyl (C=O) groups excluding carboxylic acids is 1. The van der Waals surface area contributed by atoms with Gasteiger partial charge in [-0.15, -0.1) is 0 Å². The molecule has 17 heavy (non-hydrogen) atoms. The van der Waals surface area contributed by atoms with Gasteiger partial charge in [0.1, 0.15) is 0 Å². The summed E-state index contributed by atoms with van der Waals surface area (Å²) in [6, 6.07) is -0.392. The van der Waals surface area contributed by atoms with E-state index in [-0.39, 0.29) is 18.9 Å². The predicted molar refractivity (Wildman–Crippen MR) is 63.7 cm³/mol. The van der Waals surface area contributed by atoms with Crippen LogP contribution in [-0.4, -0.2) is 40.9 Å². The number of carboxylic acid groups (broad SMARTS) is 1. The van der Waals surface area contributed by atoms with E-state index in [0.717, 1.165) is 0 Å². The molecule has 0 aliphatic heterocycles. The summed E-state index contributed by atoms with van der Waals surface area (Å²) in [7, 11) is 0. The molecule has 1 atom stereocenters. The SMILES string of the molecule is CC(C)C(C)(O)CNC(=O)NCCCC(=O)O. The van der Waals surface area contributed by atoms with Gasteiger partial charge in [0, 0.05) is 19.5 Å². The van der Waals surface area contributed by atoms with Crippen LogP contribution in [0.25, 0.3) is 0 Å². The van der Waals surface area contributed by atoms with Crippen LogP contribution in [0.15, 0.2) is 0 Å². The van der Waals surface area contributed by atoms with Gasteiger partial charge in [-0.05, 0) is 19.3 Å². The molecule has 1 unspecified atom stereocenters. The van der Waals surface area contributed by atoms with Gasteiger partial charge in [0.2, 0.25) is 0 Å². The zero-order chi connectivity index (χ0) is 13.5. The van der Waals surface area contributed by atoms with Crippen molar-refractivity contribution in [3.8, 4) is 0 Å². The van der Waals surface area contributed by atoms with Gasteiger partial charge in [-0.3, -0.25) is 4.79 Å². The molecule has 0 saturated heterocycles. The molecule has 0 heterocycles. The zero-order valence-corrected chi connectivity index (χ0v) is 10.6. The number of aliphatic carboxylic acids is 1. The van der Waals surface area contributed by atoms with Crippen LogP contribution in [0.4, 0.5) is 4.79 Å². The second kappa shape index (κ2) is 7.11. The van der Waals surface area contributed by atoms with Gasteiger partial charge < -0.3 is 20.8 Å². The summed E-state index contributed by atoms with van der Waals surface area (Å²) < 4.78 is 0. The van der Waals surface area contributed by atoms with E-state index in [0.29, 0.717) is 13.0 Å². The van der Waals surface area contributed by atoms with Gasteiger partial charge in [-0.25, -0.2) is 4.79 Å². The Hall–Kier alpha value is -1.30. The monoisotopic (exact) mass is 246 g/mol. The molecule has 0 aromatic rings. The van der Waals surface area contributed by atoms with Gasteiger partial charge in [0.05, 0.1) is 5.60 Å². The summed E-state index contributed by atoms with van der Waals surface area (Å²) >= 11 is 0. The van der Waals surface area contributed by atoms with Crippen molar-refractivity contribution in [2.24, 2.45) is 5.92 Å². The minimum atomic E-state index is -0.946. The number of hydrogen-bond donors (Lipinski definition) is 4. The highest BCUT2D eigenvalue weighted by molar-refractivity contribution is 5.74. The van der Waals surface area contributed by atoms with Crippen LogP contribution in [0.1, 0.15) is 33.6 Å². The molecule has 2 amide bonds. The van der Waals surface area contributed by atoms with Crippen molar-refractivity contribution in [3.05, 3.63) is 0 Å². The zero-order valence-electron chi connectivity index (χ0n) is 10.6. The molecule has 6 heteroatoms. The number of carboxylic acids is 1. The van der Waals surface area contributed by atoms with Crippen LogP contribution in [-0.2, 0) is 4.79 Å². The van der Waals surface area contributed by atoms with Crippen LogP contribution in [0.5, 0.6) is 0 Å². The molecule has 0 bridgehead atoms. The lowest BCUT2D eigenvalue weighted by Crippen LogP contribution is -2.47. The van der Waals surface area contributed by atoms with Crippen molar-refractivity contribution in [3.63, 3.8) is 0 Å². The molecule has 100 valence electrons. The molecular formula is C11H22N2O4. The Morgan fingerprint density at radius 2 is 1.88 bits per heavy atom. The lowest BCUT2D eigenvalue weighted by molar-refractivity contribution is -0.137. The molecule has 0 radical (unpaired) electrons. The van der Waals surface area contributed by atoms with Gasteiger partial charge >= 0.3 is 12.0 Å². The molecule has 0 aliphatic carbocycles. The van der Waals surface area contributed by atoms with Crippen molar-refractivity contribution in [1.82, 2.24) is 10.6 Å². The van der Waals surface area contributed by atoms with Crippen LogP contribution >= 0.6 is 0 Å². The first-order valence-corrected chi connectivity index (χ1v) is 5.71. The summed E-state index contributed by atoms with van der Waals surface area (Å²) in [6.07, 6.45) is 0.424. The second-order valence-corrected chi connectivity index (χ2v) is 4.62. The number of hydrogen-bond acceptors (Lipinski definition) is 3. The van der Waals surface area contributed by atoms with Gasteiger partial charge in [-0.1, -0.05) is 13.8 Å². The number of carbonyl (C=O) groups is 2. The maximum atomic E-state index is 11.3. The standard InChI is InChI=1S/C11H22N2O4/c1-8(2)11(3,17)7-13-10(16)12-6-4-5-9(14)15/h8,17H,4-7H2,1-3H3,(H,14,15)(H2,12,13,16). The van der Waals surface area contributed by atoms with Gasteiger partial charge in [-0.2, -0.15) is 0 Å². The van der Waals surface area contributed by atoms with E-state index in [1.165, 1.54) is 0 Å². The Balaban J connectivity index is 3.70. The second-order valence-electron chi connectivity index (χ2n) is 4.62. The summed E-state index contributed by atoms with van der Waals surface area (Å²) in [5, 5.41) is 23.3. The lowest BCUT2D eigenvalue weighted by atomic mass is 9.93. The van der Waals surface area contributed by atoms with E-state index in [4.69, 9.17) is 5.11 Å². The highest BCUT2D eigenvalue weighted by Gasteiger charge is 2.25. The van der Waals surface area contributed by atoms with E-state index < -0.39 is 17.6 Å². The van der Waals surface area contributed by atoms with Crippen molar-refractivity contribution >= 4 is 12.0 Å². The van der Waals surface area contributed by atoms with Crippen LogP contribution < -0.4 is 10.6 Å². The maximum absolute atomic E-state index is 11.3. The molecule has 0 fully saturated rings. The Morgan fingerprint density at radius 1 is 1.29 bits per heavy atom. The van der Waals surface area contributed by atoms with E-state index in [1.807, 2.05) is 13.8 Å². The molecular weight excluding hydrogens is 224 g/mol. The highest BCUT2D eigenvalue weighted by atomic mass is 16.4. The summed E-state index contributed by atoms with van der Waals surface area (Å²) in [5.74, 6) is -0.843. The van der Waals surface area contributed by atoms with Crippen molar-refractivity contribution in [1.29, 1.82) is 0 Å². The first-order valence-electron chi connectivity index (χ1n) is 5.71. The molecule has 0 aromatic carbocycles. The van der Waals surface area contributed by atoms with Crippen molar-refractivity contribution in [2.45, 2.75) is 39.2 Å². The first kappa shape index (κ1) is 15.7. The van der Waals surface area contributed by atoms with Crippen molar-refractivity contribution < 1.29 is 19.8 Å². The Labute approximate surface area is 101 Å². The topological polar surface area (TPSA) is 98.7 Å². The molecule has 0 rings (SSSR count). The average molecular weight is 246 g/mol. The van der Waals surface area contributed by atoms with E-state index in [1.54, 1.807) is 6.92 Å². The Kier molecular flexibility index (Phi) is 6.57. The molecule has 4 N–H and O–H groups in total. The van der Waals surface area contributed by atoms with E-state index >= 15 is 0 Å². The number of amides is 2. The van der Waals surface area contributed by atoms with Gasteiger partial charge in [0.25, 0.3) is 0 Å². The fourth-order valence-electron chi connectivity index (χ4n) is 0.967. The van der Waals surface area contributed by atoms with E-state index in [9.17, 15) is 14.7 Å². The third-order valence-electron chi connectivity index (χ3n) is 2.70. The smallest absolute Gasteiger partial charge is 0.314 e. The van der Waals surface area contributed by atoms with Crippen LogP contribution in [0, 0.1) is 5.92 Å². The summed E-state index contributed by atoms with van der Waals surface area (Å²) in [6.45, 7) is 5.86. The number of rotatable bonds is 7. The average Bonchev–Trinajstić information content (AvgIpc) is 2.21. The number of nitrogens with one attached hydrogen (secondary N) is 2.